The molecule has 9 heteroatoms. The molecule has 0 aliphatic rings. The Kier molecular flexibility index (Phi) is 6.48. The van der Waals surface area contributed by atoms with Crippen LogP contribution in [0.3, 0.4) is 0 Å². The minimum Gasteiger partial charge on any atom is -0.386 e. The van der Waals surface area contributed by atoms with Gasteiger partial charge in [0.2, 0.25) is 0 Å². The van der Waals surface area contributed by atoms with Crippen molar-refractivity contribution in [3.63, 3.8) is 0 Å². The fourth-order valence-electron chi connectivity index (χ4n) is 1.42. The highest BCUT2D eigenvalue weighted by Crippen LogP contribution is 2.16. The Labute approximate surface area is 126 Å². The maximum Gasteiger partial charge on any atom is 0.271 e. The summed E-state index contributed by atoms with van der Waals surface area (Å²) >= 11 is 0. The summed E-state index contributed by atoms with van der Waals surface area (Å²) in [5.74, 6) is -0.990. The molecule has 0 radical (unpaired) electrons. The van der Waals surface area contributed by atoms with Crippen LogP contribution in [0.2, 0.25) is 0 Å². The van der Waals surface area contributed by atoms with E-state index in [4.69, 9.17) is 0 Å². The molecule has 0 bridgehead atoms. The lowest BCUT2D eigenvalue weighted by atomic mass is 10.3. The fraction of sp³-hybridized carbons (Fsp3) is 0.308. The van der Waals surface area contributed by atoms with Crippen molar-refractivity contribution in [3.8, 4) is 0 Å². The lowest BCUT2D eigenvalue weighted by molar-refractivity contribution is -0.384. The van der Waals surface area contributed by atoms with Crippen LogP contribution >= 0.6 is 0 Å². The van der Waals surface area contributed by atoms with E-state index in [0.29, 0.717) is 0 Å². The van der Waals surface area contributed by atoms with Crippen LogP contribution in [0.25, 0.3) is 0 Å². The van der Waals surface area contributed by atoms with Crippen molar-refractivity contribution in [1.82, 2.24) is 5.32 Å². The van der Waals surface area contributed by atoms with Gasteiger partial charge in [0.05, 0.1) is 4.92 Å². The van der Waals surface area contributed by atoms with Gasteiger partial charge >= 0.3 is 0 Å². The van der Waals surface area contributed by atoms with Gasteiger partial charge in [-0.1, -0.05) is 11.2 Å². The molecule has 0 saturated carbocycles. The first-order chi connectivity index (χ1) is 10.4. The molecular weight excluding hydrogens is 292 g/mol. The number of oxime groups is 1. The van der Waals surface area contributed by atoms with E-state index in [-0.39, 0.29) is 29.9 Å². The van der Waals surface area contributed by atoms with Crippen molar-refractivity contribution in [3.05, 3.63) is 34.4 Å². The second-order valence-corrected chi connectivity index (χ2v) is 4.53. The minimum absolute atomic E-state index is 0.0164. The molecule has 1 aromatic rings. The van der Waals surface area contributed by atoms with Gasteiger partial charge in [0, 0.05) is 23.9 Å². The standard InChI is InChI=1S/C13H16N4O5/c1-9(2)15-13(19)8-22-14-7-12(18)16-10-4-3-5-11(6-10)17(20)21/h3-7,9H,8H2,1-2H3,(H,15,19)(H,16,18)/b14-7-. The SMILES string of the molecule is CC(C)NC(=O)CO/N=C\C(=O)Nc1cccc([N+](=O)[O-])c1. The molecule has 0 atom stereocenters. The van der Waals surface area contributed by atoms with E-state index in [0.717, 1.165) is 6.21 Å². The monoisotopic (exact) mass is 308 g/mol. The number of rotatable bonds is 7. The molecule has 118 valence electrons. The molecule has 0 unspecified atom stereocenters. The van der Waals surface area contributed by atoms with Gasteiger partial charge in [-0.05, 0) is 19.9 Å². The molecule has 0 spiro atoms. The number of non-ortho nitro benzene ring substituents is 1. The Morgan fingerprint density at radius 2 is 2.18 bits per heavy atom. The minimum atomic E-state index is -0.634. The van der Waals surface area contributed by atoms with Crippen molar-refractivity contribution in [2.75, 3.05) is 11.9 Å². The van der Waals surface area contributed by atoms with Gasteiger partial charge in [0.25, 0.3) is 17.5 Å². The zero-order valence-electron chi connectivity index (χ0n) is 12.1. The van der Waals surface area contributed by atoms with E-state index in [9.17, 15) is 19.7 Å². The number of nitro groups is 1. The van der Waals surface area contributed by atoms with E-state index >= 15 is 0 Å². The second kappa shape index (κ2) is 8.35. The first-order valence-corrected chi connectivity index (χ1v) is 6.38. The van der Waals surface area contributed by atoms with Crippen molar-refractivity contribution in [1.29, 1.82) is 0 Å². The number of amides is 2. The molecule has 2 amide bonds. The van der Waals surface area contributed by atoms with E-state index in [1.807, 2.05) is 0 Å². The molecule has 0 fully saturated rings. The summed E-state index contributed by atoms with van der Waals surface area (Å²) in [6, 6.07) is 5.44. The Morgan fingerprint density at radius 3 is 2.82 bits per heavy atom. The Hall–Kier alpha value is -2.97. The number of anilines is 1. The molecule has 1 aromatic carbocycles. The highest BCUT2D eigenvalue weighted by Gasteiger charge is 2.07. The van der Waals surface area contributed by atoms with Gasteiger partial charge in [-0.15, -0.1) is 0 Å². The van der Waals surface area contributed by atoms with Gasteiger partial charge in [0.15, 0.2) is 6.61 Å². The number of nitrogens with zero attached hydrogens (tertiary/aromatic N) is 2. The van der Waals surface area contributed by atoms with Crippen LogP contribution in [0.5, 0.6) is 0 Å². The van der Waals surface area contributed by atoms with Crippen LogP contribution < -0.4 is 10.6 Å². The first-order valence-electron chi connectivity index (χ1n) is 6.38. The van der Waals surface area contributed by atoms with E-state index < -0.39 is 10.8 Å². The number of carbonyl (C=O) groups is 2. The fourth-order valence-corrected chi connectivity index (χ4v) is 1.42. The summed E-state index contributed by atoms with van der Waals surface area (Å²) in [6.07, 6.45) is 0.835. The second-order valence-electron chi connectivity index (χ2n) is 4.53. The molecule has 2 N–H and O–H groups in total. The zero-order valence-corrected chi connectivity index (χ0v) is 12.1. The molecule has 22 heavy (non-hydrogen) atoms. The third-order valence-corrected chi connectivity index (χ3v) is 2.21. The zero-order chi connectivity index (χ0) is 16.5. The number of hydrogen-bond donors (Lipinski definition) is 2. The molecule has 0 aliphatic carbocycles. The number of hydrogen-bond acceptors (Lipinski definition) is 6. The van der Waals surface area contributed by atoms with E-state index in [1.54, 1.807) is 13.8 Å². The van der Waals surface area contributed by atoms with Crippen LogP contribution in [-0.2, 0) is 14.4 Å². The van der Waals surface area contributed by atoms with Crippen LogP contribution in [0.1, 0.15) is 13.8 Å². The summed E-state index contributed by atoms with van der Waals surface area (Å²) in [5, 5.41) is 18.9. The van der Waals surface area contributed by atoms with Gasteiger partial charge < -0.3 is 15.5 Å². The number of nitro benzene ring substituents is 1. The van der Waals surface area contributed by atoms with E-state index in [1.165, 1.54) is 24.3 Å². The third kappa shape index (κ3) is 6.46. The highest BCUT2D eigenvalue weighted by molar-refractivity contribution is 6.31. The van der Waals surface area contributed by atoms with Gasteiger partial charge in [-0.3, -0.25) is 19.7 Å². The highest BCUT2D eigenvalue weighted by atomic mass is 16.6. The number of nitrogens with one attached hydrogen (secondary N) is 2. The molecule has 1 rings (SSSR count). The summed E-state index contributed by atoms with van der Waals surface area (Å²) in [6.45, 7) is 3.29. The predicted molar refractivity (Wildman–Crippen MR) is 79.4 cm³/mol. The van der Waals surface area contributed by atoms with Gasteiger partial charge in [-0.25, -0.2) is 0 Å². The van der Waals surface area contributed by atoms with Crippen molar-refractivity contribution < 1.29 is 19.3 Å². The van der Waals surface area contributed by atoms with Crippen LogP contribution in [0.4, 0.5) is 11.4 Å². The Bertz CT molecular complexity index is 586. The molecule has 0 heterocycles. The topological polar surface area (TPSA) is 123 Å². The van der Waals surface area contributed by atoms with Crippen molar-refractivity contribution in [2.45, 2.75) is 19.9 Å². The maximum absolute atomic E-state index is 11.5. The van der Waals surface area contributed by atoms with E-state index in [2.05, 4.69) is 20.6 Å². The quantitative estimate of drug-likeness (QED) is 0.443. The Morgan fingerprint density at radius 1 is 1.45 bits per heavy atom. The largest absolute Gasteiger partial charge is 0.386 e. The van der Waals surface area contributed by atoms with Crippen LogP contribution in [0, 0.1) is 10.1 Å². The molecular formula is C13H16N4O5. The molecule has 0 aliphatic heterocycles. The van der Waals surface area contributed by atoms with Crippen molar-refractivity contribution in [2.24, 2.45) is 5.16 Å². The number of benzene rings is 1. The number of carbonyl (C=O) groups excluding carboxylic acids is 2. The van der Waals surface area contributed by atoms with Gasteiger partial charge in [-0.2, -0.15) is 0 Å². The smallest absolute Gasteiger partial charge is 0.271 e. The lowest BCUT2D eigenvalue weighted by Gasteiger charge is -2.06. The molecule has 9 nitrogen and oxygen atoms in total. The first kappa shape index (κ1) is 17.1. The van der Waals surface area contributed by atoms with Crippen LogP contribution in [-0.4, -0.2) is 35.6 Å². The summed E-state index contributed by atoms with van der Waals surface area (Å²) < 4.78 is 0. The lowest BCUT2D eigenvalue weighted by Crippen LogP contribution is -2.32. The normalized spacial score (nSPS) is 10.5. The Balaban J connectivity index is 2.43. The average molecular weight is 308 g/mol. The predicted octanol–water partition coefficient (Wildman–Crippen LogP) is 1.06. The summed E-state index contributed by atoms with van der Waals surface area (Å²) in [4.78, 5) is 37.4. The van der Waals surface area contributed by atoms with Crippen LogP contribution in [0.15, 0.2) is 29.4 Å². The molecule has 0 saturated heterocycles. The summed E-state index contributed by atoms with van der Waals surface area (Å²) in [7, 11) is 0. The summed E-state index contributed by atoms with van der Waals surface area (Å²) in [5.41, 5.74) is 0.111. The third-order valence-electron chi connectivity index (χ3n) is 2.21. The average Bonchev–Trinajstić information content (AvgIpc) is 2.43. The maximum atomic E-state index is 11.5. The van der Waals surface area contributed by atoms with Gasteiger partial charge in [0.1, 0.15) is 6.21 Å². The van der Waals surface area contributed by atoms with Crippen molar-refractivity contribution >= 4 is 29.4 Å². The molecule has 0 aromatic heterocycles.